The van der Waals surface area contributed by atoms with Crippen molar-refractivity contribution in [2.45, 2.75) is 24.1 Å². The van der Waals surface area contributed by atoms with Gasteiger partial charge < -0.3 is 10.2 Å². The van der Waals surface area contributed by atoms with Crippen LogP contribution in [0.4, 0.5) is 4.79 Å². The Bertz CT molecular complexity index is 799. The molecule has 0 unspecified atom stereocenters. The molecular formula is C17H18N4O3S. The Balaban J connectivity index is 1.99. The molecule has 2 atom stereocenters. The number of carboxylic acid groups (broad SMARTS) is 1. The van der Waals surface area contributed by atoms with Gasteiger partial charge in [0.15, 0.2) is 5.17 Å². The van der Waals surface area contributed by atoms with E-state index in [4.69, 9.17) is 5.11 Å². The van der Waals surface area contributed by atoms with Crippen molar-refractivity contribution in [3.8, 4) is 11.1 Å². The highest BCUT2D eigenvalue weighted by Crippen LogP contribution is 2.40. The molecule has 1 aliphatic rings. The summed E-state index contributed by atoms with van der Waals surface area (Å²) in [6, 6.07) is 7.86. The molecule has 8 heteroatoms. The second-order valence-electron chi connectivity index (χ2n) is 5.96. The van der Waals surface area contributed by atoms with E-state index in [-0.39, 0.29) is 11.9 Å². The highest BCUT2D eigenvalue weighted by atomic mass is 32.2. The fourth-order valence-electron chi connectivity index (χ4n) is 2.85. The van der Waals surface area contributed by atoms with Crippen LogP contribution < -0.4 is 5.32 Å². The van der Waals surface area contributed by atoms with Crippen LogP contribution in [0.3, 0.4) is 0 Å². The molecule has 3 N–H and O–H groups in total. The Hall–Kier alpha value is -2.45. The number of aliphatic hydroxyl groups excluding tert-OH is 1. The van der Waals surface area contributed by atoms with Crippen molar-refractivity contribution in [3.05, 3.63) is 48.5 Å². The van der Waals surface area contributed by atoms with Gasteiger partial charge >= 0.3 is 6.09 Å². The Morgan fingerprint density at radius 2 is 2.12 bits per heavy atom. The summed E-state index contributed by atoms with van der Waals surface area (Å²) in [5.41, 5.74) is 2.16. The number of hydrogen-bond donors (Lipinski definition) is 3. The van der Waals surface area contributed by atoms with Gasteiger partial charge in [0.05, 0.1) is 12.1 Å². The van der Waals surface area contributed by atoms with Crippen LogP contribution in [0.25, 0.3) is 11.1 Å². The second-order valence-corrected chi connectivity index (χ2v) is 7.24. The number of amidine groups is 1. The van der Waals surface area contributed by atoms with E-state index in [1.54, 1.807) is 12.4 Å². The van der Waals surface area contributed by atoms with Crippen molar-refractivity contribution >= 4 is 23.0 Å². The molecule has 7 nitrogen and oxygen atoms in total. The van der Waals surface area contributed by atoms with Crippen LogP contribution >= 0.6 is 11.8 Å². The maximum atomic E-state index is 11.0. The van der Waals surface area contributed by atoms with Gasteiger partial charge in [0, 0.05) is 23.2 Å². The van der Waals surface area contributed by atoms with Crippen molar-refractivity contribution in [1.82, 2.24) is 15.3 Å². The van der Waals surface area contributed by atoms with E-state index in [2.05, 4.69) is 20.3 Å². The zero-order chi connectivity index (χ0) is 17.9. The average molecular weight is 358 g/mol. The van der Waals surface area contributed by atoms with Crippen LogP contribution in [0, 0.1) is 0 Å². The first-order valence-electron chi connectivity index (χ1n) is 7.73. The molecule has 1 amide bonds. The average Bonchev–Trinajstić information content (AvgIpc) is 2.61. The SMILES string of the molecule is C[C@@]1(c2cccc(-c3cncnc3)c2)C[C@@H](CO)SC(NC(=O)O)=N1. The lowest BCUT2D eigenvalue weighted by Gasteiger charge is -2.34. The predicted molar refractivity (Wildman–Crippen MR) is 96.5 cm³/mol. The quantitative estimate of drug-likeness (QED) is 0.778. The maximum absolute atomic E-state index is 11.0. The lowest BCUT2D eigenvalue weighted by Crippen LogP contribution is -2.38. The molecule has 25 heavy (non-hydrogen) atoms. The summed E-state index contributed by atoms with van der Waals surface area (Å²) < 4.78 is 0. The Morgan fingerprint density at radius 1 is 1.36 bits per heavy atom. The number of hydrogen-bond acceptors (Lipinski definition) is 6. The predicted octanol–water partition coefficient (Wildman–Crippen LogP) is 2.48. The van der Waals surface area contributed by atoms with Crippen molar-refractivity contribution in [2.75, 3.05) is 6.61 Å². The highest BCUT2D eigenvalue weighted by Gasteiger charge is 2.35. The van der Waals surface area contributed by atoms with E-state index in [1.807, 2.05) is 31.2 Å². The first kappa shape index (κ1) is 17.4. The molecule has 1 aliphatic heterocycles. The van der Waals surface area contributed by atoms with Gasteiger partial charge in [0.2, 0.25) is 0 Å². The minimum atomic E-state index is -1.16. The van der Waals surface area contributed by atoms with E-state index in [1.165, 1.54) is 18.1 Å². The molecule has 1 aromatic heterocycles. The Kier molecular flexibility index (Phi) is 5.00. The summed E-state index contributed by atoms with van der Waals surface area (Å²) in [7, 11) is 0. The second kappa shape index (κ2) is 7.20. The third kappa shape index (κ3) is 3.97. The molecule has 1 aromatic carbocycles. The number of thioether (sulfide) groups is 1. The number of nitrogens with one attached hydrogen (secondary N) is 1. The zero-order valence-corrected chi connectivity index (χ0v) is 14.4. The maximum Gasteiger partial charge on any atom is 0.410 e. The minimum absolute atomic E-state index is 0.0488. The van der Waals surface area contributed by atoms with E-state index in [0.717, 1.165) is 16.7 Å². The van der Waals surface area contributed by atoms with Gasteiger partial charge in [-0.1, -0.05) is 30.0 Å². The molecule has 0 aliphatic carbocycles. The van der Waals surface area contributed by atoms with Crippen molar-refractivity contribution in [2.24, 2.45) is 4.99 Å². The van der Waals surface area contributed by atoms with Gasteiger partial charge in [-0.3, -0.25) is 10.3 Å². The van der Waals surface area contributed by atoms with Gasteiger partial charge in [0.1, 0.15) is 6.33 Å². The third-order valence-corrected chi connectivity index (χ3v) is 5.11. The Labute approximate surface area is 149 Å². The minimum Gasteiger partial charge on any atom is -0.465 e. The van der Waals surface area contributed by atoms with E-state index in [9.17, 15) is 9.90 Å². The van der Waals surface area contributed by atoms with Gasteiger partial charge in [-0.05, 0) is 30.5 Å². The van der Waals surface area contributed by atoms with Gasteiger partial charge in [-0.15, -0.1) is 0 Å². The number of carbonyl (C=O) groups is 1. The molecule has 2 heterocycles. The van der Waals surface area contributed by atoms with Crippen LogP contribution in [0.2, 0.25) is 0 Å². The van der Waals surface area contributed by atoms with Crippen LogP contribution in [-0.4, -0.2) is 43.3 Å². The summed E-state index contributed by atoms with van der Waals surface area (Å²) in [6.07, 6.45) is 4.40. The summed E-state index contributed by atoms with van der Waals surface area (Å²) in [6.45, 7) is 1.90. The van der Waals surface area contributed by atoms with Crippen LogP contribution in [0.5, 0.6) is 0 Å². The van der Waals surface area contributed by atoms with Crippen molar-refractivity contribution in [1.29, 1.82) is 0 Å². The molecule has 0 fully saturated rings. The molecule has 2 aromatic rings. The summed E-state index contributed by atoms with van der Waals surface area (Å²) in [5, 5.41) is 21.0. The number of nitrogens with zero attached hydrogens (tertiary/aromatic N) is 3. The molecule has 0 saturated carbocycles. The smallest absolute Gasteiger partial charge is 0.410 e. The first-order chi connectivity index (χ1) is 12.0. The normalized spacial score (nSPS) is 23.0. The first-order valence-corrected chi connectivity index (χ1v) is 8.61. The van der Waals surface area contributed by atoms with Gasteiger partial charge in [-0.25, -0.2) is 14.8 Å². The number of rotatable bonds is 3. The van der Waals surface area contributed by atoms with E-state index < -0.39 is 11.6 Å². The molecule has 0 bridgehead atoms. The number of aromatic nitrogens is 2. The monoisotopic (exact) mass is 358 g/mol. The number of amides is 1. The number of aliphatic hydroxyl groups is 1. The largest absolute Gasteiger partial charge is 0.465 e. The lowest BCUT2D eigenvalue weighted by atomic mass is 9.86. The third-order valence-electron chi connectivity index (χ3n) is 4.05. The molecule has 3 rings (SSSR count). The highest BCUT2D eigenvalue weighted by molar-refractivity contribution is 8.14. The van der Waals surface area contributed by atoms with E-state index in [0.29, 0.717) is 11.6 Å². The summed E-state index contributed by atoms with van der Waals surface area (Å²) in [4.78, 5) is 23.7. The van der Waals surface area contributed by atoms with E-state index >= 15 is 0 Å². The number of benzene rings is 1. The standard InChI is InChI=1S/C17H18N4O3S/c1-17(6-14(9-22)25-15(21-17)20-16(23)24)13-4-2-3-11(5-13)12-7-18-10-19-8-12/h2-5,7-8,10,14,22H,6,9H2,1H3,(H,20,21)(H,23,24)/t14-,17-/m0/s1. The lowest BCUT2D eigenvalue weighted by molar-refractivity contribution is 0.200. The molecule has 0 spiro atoms. The van der Waals surface area contributed by atoms with Crippen LogP contribution in [-0.2, 0) is 5.54 Å². The van der Waals surface area contributed by atoms with Crippen molar-refractivity contribution < 1.29 is 15.0 Å². The molecular weight excluding hydrogens is 340 g/mol. The van der Waals surface area contributed by atoms with Crippen molar-refractivity contribution in [3.63, 3.8) is 0 Å². The topological polar surface area (TPSA) is 108 Å². The Morgan fingerprint density at radius 3 is 2.80 bits per heavy atom. The van der Waals surface area contributed by atoms with Crippen LogP contribution in [0.1, 0.15) is 18.9 Å². The fourth-order valence-corrected chi connectivity index (χ4v) is 4.05. The number of aliphatic imine (C=N–C) groups is 1. The van der Waals surface area contributed by atoms with Gasteiger partial charge in [-0.2, -0.15) is 0 Å². The molecule has 130 valence electrons. The van der Waals surface area contributed by atoms with Gasteiger partial charge in [0.25, 0.3) is 0 Å². The van der Waals surface area contributed by atoms with Crippen LogP contribution in [0.15, 0.2) is 48.0 Å². The molecule has 0 saturated heterocycles. The molecule has 0 radical (unpaired) electrons. The zero-order valence-electron chi connectivity index (χ0n) is 13.6. The summed E-state index contributed by atoms with van der Waals surface area (Å²) >= 11 is 1.25. The summed E-state index contributed by atoms with van der Waals surface area (Å²) in [5.74, 6) is 0. The fraction of sp³-hybridized carbons (Fsp3) is 0.294.